The fraction of sp³-hybridized carbons (Fsp3) is 0.846. The van der Waals surface area contributed by atoms with Gasteiger partial charge >= 0.3 is 20.7 Å². The van der Waals surface area contributed by atoms with Crippen LogP contribution in [0.25, 0.3) is 0 Å². The molecule has 3 N–H and O–H groups in total. The number of hydrogen-bond donors (Lipinski definition) is 3. The van der Waals surface area contributed by atoms with Gasteiger partial charge in [-0.25, -0.2) is 0 Å². The van der Waals surface area contributed by atoms with Gasteiger partial charge in [-0.1, -0.05) is 0 Å². The van der Waals surface area contributed by atoms with Crippen molar-refractivity contribution in [2.45, 2.75) is 18.6 Å². The lowest BCUT2D eigenvalue weighted by Gasteiger charge is -2.24. The highest BCUT2D eigenvalue weighted by molar-refractivity contribution is 6.60. The van der Waals surface area contributed by atoms with Gasteiger partial charge in [-0.15, -0.1) is 0 Å². The van der Waals surface area contributed by atoms with E-state index < -0.39 is 39.9 Å². The molecule has 0 spiro atoms. The number of aliphatic hydroxyl groups is 1. The zero-order chi connectivity index (χ0) is 18.6. The molecular weight excluding hydrogens is 342 g/mol. The Hall–Kier alpha value is -1.08. The van der Waals surface area contributed by atoms with E-state index in [-0.39, 0.29) is 13.2 Å². The zero-order valence-electron chi connectivity index (χ0n) is 14.3. The van der Waals surface area contributed by atoms with Gasteiger partial charge in [0.15, 0.2) is 0 Å². The van der Waals surface area contributed by atoms with Crippen LogP contribution < -0.4 is 0 Å². The van der Waals surface area contributed by atoms with Crippen molar-refractivity contribution in [2.24, 2.45) is 0 Å². The third kappa shape index (κ3) is 9.92. The third-order valence-electron chi connectivity index (χ3n) is 3.20. The number of hydrogen-bond acceptors (Lipinski definition) is 8. The van der Waals surface area contributed by atoms with Crippen molar-refractivity contribution in [3.8, 4) is 0 Å². The molecule has 0 saturated carbocycles. The second-order valence-corrected chi connectivity index (χ2v) is 8.18. The summed E-state index contributed by atoms with van der Waals surface area (Å²) in [5, 5.41) is 27.3. The first kappa shape index (κ1) is 22.9. The highest BCUT2D eigenvalue weighted by Gasteiger charge is 2.36. The quantitative estimate of drug-likeness (QED) is 0.246. The van der Waals surface area contributed by atoms with Crippen LogP contribution in [0.15, 0.2) is 0 Å². The summed E-state index contributed by atoms with van der Waals surface area (Å²) < 4.78 is 21.1. The van der Waals surface area contributed by atoms with Gasteiger partial charge in [-0.3, -0.25) is 14.5 Å². The van der Waals surface area contributed by atoms with Crippen LogP contribution in [0.4, 0.5) is 0 Å². The zero-order valence-corrected chi connectivity index (χ0v) is 15.3. The van der Waals surface area contributed by atoms with Crippen molar-refractivity contribution in [1.82, 2.24) is 4.90 Å². The van der Waals surface area contributed by atoms with Gasteiger partial charge in [-0.2, -0.15) is 0 Å². The fourth-order valence-electron chi connectivity index (χ4n) is 2.08. The first-order valence-corrected chi connectivity index (χ1v) is 9.29. The molecule has 24 heavy (non-hydrogen) atoms. The smallest absolute Gasteiger partial charge is 0.480 e. The van der Waals surface area contributed by atoms with E-state index in [1.807, 2.05) is 0 Å². The van der Waals surface area contributed by atoms with Crippen molar-refractivity contribution >= 4 is 20.7 Å². The monoisotopic (exact) mass is 369 g/mol. The summed E-state index contributed by atoms with van der Waals surface area (Å²) in [7, 11) is 1.91. The maximum absolute atomic E-state index is 10.7. The first-order valence-electron chi connectivity index (χ1n) is 7.35. The highest BCUT2D eigenvalue weighted by atomic mass is 28.4. The Morgan fingerprint density at radius 2 is 1.54 bits per heavy atom. The Morgan fingerprint density at radius 3 is 1.96 bits per heavy atom. The molecule has 0 aromatic carbocycles. The Labute approximate surface area is 142 Å². The molecule has 0 radical (unpaired) electrons. The topological polar surface area (TPSA) is 135 Å². The van der Waals surface area contributed by atoms with Gasteiger partial charge in [0.2, 0.25) is 0 Å². The van der Waals surface area contributed by atoms with Crippen LogP contribution in [0.5, 0.6) is 0 Å². The predicted molar refractivity (Wildman–Crippen MR) is 84.7 cm³/mol. The Morgan fingerprint density at radius 1 is 1.04 bits per heavy atom. The normalized spacial score (nSPS) is 13.2. The van der Waals surface area contributed by atoms with Gasteiger partial charge in [-0.05, 0) is 6.42 Å². The minimum atomic E-state index is -2.64. The number of aliphatic carboxylic acids is 2. The van der Waals surface area contributed by atoms with Gasteiger partial charge in [0, 0.05) is 40.5 Å². The molecule has 0 amide bonds. The van der Waals surface area contributed by atoms with E-state index >= 15 is 0 Å². The van der Waals surface area contributed by atoms with Crippen LogP contribution in [-0.4, -0.2) is 101 Å². The van der Waals surface area contributed by atoms with E-state index in [4.69, 9.17) is 28.2 Å². The average molecular weight is 369 g/mol. The molecule has 1 unspecified atom stereocenters. The van der Waals surface area contributed by atoms with Crippen LogP contribution in [-0.2, 0) is 27.6 Å². The Balaban J connectivity index is 4.08. The Kier molecular flexibility index (Phi) is 11.7. The SMILES string of the molecule is CO[Si](CCCOCC(O)CN(CC(=O)O)CC(=O)O)(OC)OC. The van der Waals surface area contributed by atoms with Crippen LogP contribution in [0.2, 0.25) is 6.04 Å². The van der Waals surface area contributed by atoms with Crippen LogP contribution in [0.3, 0.4) is 0 Å². The van der Waals surface area contributed by atoms with Crippen molar-refractivity contribution < 1.29 is 42.9 Å². The molecular formula is C13H27NO9Si. The van der Waals surface area contributed by atoms with Crippen LogP contribution in [0.1, 0.15) is 6.42 Å². The molecule has 0 aromatic rings. The maximum Gasteiger partial charge on any atom is 0.500 e. The van der Waals surface area contributed by atoms with Gasteiger partial charge in [0.1, 0.15) is 0 Å². The second kappa shape index (κ2) is 12.3. The number of rotatable bonds is 15. The number of nitrogens with zero attached hydrogens (tertiary/aromatic N) is 1. The van der Waals surface area contributed by atoms with Crippen molar-refractivity contribution in [1.29, 1.82) is 0 Å². The van der Waals surface area contributed by atoms with Crippen LogP contribution in [0, 0.1) is 0 Å². The van der Waals surface area contributed by atoms with E-state index in [9.17, 15) is 14.7 Å². The number of ether oxygens (including phenoxy) is 1. The minimum absolute atomic E-state index is 0.0305. The van der Waals surface area contributed by atoms with Gasteiger partial charge < -0.3 is 33.3 Å². The summed E-state index contributed by atoms with van der Waals surface area (Å²) in [5.41, 5.74) is 0. The largest absolute Gasteiger partial charge is 0.500 e. The van der Waals surface area contributed by atoms with Crippen molar-refractivity contribution in [3.05, 3.63) is 0 Å². The van der Waals surface area contributed by atoms with E-state index in [0.29, 0.717) is 19.1 Å². The molecule has 0 bridgehead atoms. The molecule has 0 aromatic heterocycles. The minimum Gasteiger partial charge on any atom is -0.480 e. The summed E-state index contributed by atoms with van der Waals surface area (Å²) >= 11 is 0. The number of carboxylic acids is 2. The molecule has 0 saturated heterocycles. The van der Waals surface area contributed by atoms with Crippen molar-refractivity contribution in [2.75, 3.05) is 54.2 Å². The lowest BCUT2D eigenvalue weighted by Crippen LogP contribution is -2.43. The Bertz CT molecular complexity index is 354. The summed E-state index contributed by atoms with van der Waals surface area (Å²) in [4.78, 5) is 22.5. The summed E-state index contributed by atoms with van der Waals surface area (Å²) in [6, 6.07) is 0.552. The lowest BCUT2D eigenvalue weighted by molar-refractivity contribution is -0.142. The summed E-state index contributed by atoms with van der Waals surface area (Å²) in [5.74, 6) is -2.33. The molecule has 10 nitrogen and oxygen atoms in total. The van der Waals surface area contributed by atoms with E-state index in [1.165, 1.54) is 21.3 Å². The molecule has 0 aliphatic heterocycles. The third-order valence-corrected chi connectivity index (χ3v) is 6.03. The molecule has 0 rings (SSSR count). The standard InChI is InChI=1S/C13H27NO9Si/c1-20-24(21-2,22-3)6-4-5-23-10-11(15)7-14(8-12(16)17)9-13(18)19/h11,15H,4-10H2,1-3H3,(H,16,17)(H,18,19). The molecule has 0 heterocycles. The molecule has 11 heteroatoms. The predicted octanol–water partition coefficient (Wildman–Crippen LogP) is -0.897. The lowest BCUT2D eigenvalue weighted by atomic mass is 10.3. The highest BCUT2D eigenvalue weighted by Crippen LogP contribution is 2.14. The van der Waals surface area contributed by atoms with Gasteiger partial charge in [0.05, 0.1) is 25.8 Å². The summed E-state index contributed by atoms with van der Waals surface area (Å²) in [6.07, 6.45) is -0.388. The number of aliphatic hydroxyl groups excluding tert-OH is 1. The second-order valence-electron chi connectivity index (χ2n) is 5.08. The number of carbonyl (C=O) groups is 2. The maximum atomic E-state index is 10.7. The molecule has 0 fully saturated rings. The molecule has 142 valence electrons. The first-order chi connectivity index (χ1) is 11.3. The van der Waals surface area contributed by atoms with Crippen LogP contribution >= 0.6 is 0 Å². The fourth-order valence-corrected chi connectivity index (χ4v) is 3.77. The molecule has 0 aliphatic rings. The van der Waals surface area contributed by atoms with E-state index in [1.54, 1.807) is 0 Å². The number of carboxylic acid groups (broad SMARTS) is 2. The van der Waals surface area contributed by atoms with E-state index in [0.717, 1.165) is 4.90 Å². The molecule has 1 atom stereocenters. The summed E-state index contributed by atoms with van der Waals surface area (Å²) in [6.45, 7) is -0.734. The van der Waals surface area contributed by atoms with E-state index in [2.05, 4.69) is 0 Å². The average Bonchev–Trinajstić information content (AvgIpc) is 2.50. The molecule has 0 aliphatic carbocycles. The van der Waals surface area contributed by atoms with Gasteiger partial charge in [0.25, 0.3) is 0 Å². The van der Waals surface area contributed by atoms with Crippen molar-refractivity contribution in [3.63, 3.8) is 0 Å².